The van der Waals surface area contributed by atoms with Crippen LogP contribution in [0.2, 0.25) is 0 Å². The van der Waals surface area contributed by atoms with Gasteiger partial charge in [-0.2, -0.15) is 0 Å². The number of aromatic nitrogens is 1. The Morgan fingerprint density at radius 3 is 2.92 bits per heavy atom. The fraction of sp³-hybridized carbons (Fsp3) is 0.250. The number of hydrogen-bond donors (Lipinski definition) is 0. The van der Waals surface area contributed by atoms with Crippen molar-refractivity contribution in [2.75, 3.05) is 6.61 Å². The molecule has 1 heterocycles. The van der Waals surface area contributed by atoms with Crippen LogP contribution in [0.1, 0.15) is 17.4 Å². The second-order valence-corrected chi connectivity index (χ2v) is 3.32. The number of halogens is 2. The molecule has 0 aliphatic heterocycles. The number of esters is 1. The van der Waals surface area contributed by atoms with E-state index >= 15 is 0 Å². The highest BCUT2D eigenvalue weighted by atomic mass is 127. The van der Waals surface area contributed by atoms with Crippen LogP contribution in [0.5, 0.6) is 0 Å². The van der Waals surface area contributed by atoms with Crippen molar-refractivity contribution in [1.82, 2.24) is 4.98 Å². The van der Waals surface area contributed by atoms with E-state index in [1.165, 1.54) is 6.07 Å². The maximum atomic E-state index is 12.8. The SMILES string of the molecule is CCOC(=O)c1cc(F)cc(I)n1. The van der Waals surface area contributed by atoms with Crippen molar-refractivity contribution >= 4 is 28.6 Å². The van der Waals surface area contributed by atoms with Crippen molar-refractivity contribution in [3.63, 3.8) is 0 Å². The molecule has 0 radical (unpaired) electrons. The predicted molar refractivity (Wildman–Crippen MR) is 52.9 cm³/mol. The molecule has 0 unspecified atom stereocenters. The summed E-state index contributed by atoms with van der Waals surface area (Å²) in [7, 11) is 0. The number of ether oxygens (including phenoxy) is 1. The Kier molecular flexibility index (Phi) is 3.58. The Bertz CT molecular complexity index is 310. The van der Waals surface area contributed by atoms with Crippen LogP contribution in [0.25, 0.3) is 0 Å². The molecule has 0 saturated carbocycles. The monoisotopic (exact) mass is 295 g/mol. The zero-order chi connectivity index (χ0) is 9.84. The molecule has 0 aliphatic rings. The standard InChI is InChI=1S/C8H7FINO2/c1-2-13-8(12)6-3-5(9)4-7(10)11-6/h3-4H,2H2,1H3. The predicted octanol–water partition coefficient (Wildman–Crippen LogP) is 2.00. The van der Waals surface area contributed by atoms with E-state index in [1.807, 2.05) is 22.6 Å². The number of carbonyl (C=O) groups excluding carboxylic acids is 1. The highest BCUT2D eigenvalue weighted by Gasteiger charge is 2.10. The van der Waals surface area contributed by atoms with E-state index in [0.717, 1.165) is 6.07 Å². The van der Waals surface area contributed by atoms with E-state index in [2.05, 4.69) is 9.72 Å². The normalized spacial score (nSPS) is 9.77. The van der Waals surface area contributed by atoms with E-state index in [-0.39, 0.29) is 12.3 Å². The smallest absolute Gasteiger partial charge is 0.357 e. The van der Waals surface area contributed by atoms with E-state index in [0.29, 0.717) is 3.70 Å². The molecule has 13 heavy (non-hydrogen) atoms. The number of hydrogen-bond acceptors (Lipinski definition) is 3. The molecule has 0 fully saturated rings. The van der Waals surface area contributed by atoms with Gasteiger partial charge in [0.25, 0.3) is 0 Å². The Morgan fingerprint density at radius 2 is 2.38 bits per heavy atom. The molecule has 70 valence electrons. The van der Waals surface area contributed by atoms with Crippen molar-refractivity contribution in [1.29, 1.82) is 0 Å². The lowest BCUT2D eigenvalue weighted by Crippen LogP contribution is -2.08. The Morgan fingerprint density at radius 1 is 1.69 bits per heavy atom. The quantitative estimate of drug-likeness (QED) is 0.476. The second-order valence-electron chi connectivity index (χ2n) is 2.21. The van der Waals surface area contributed by atoms with Gasteiger partial charge in [-0.05, 0) is 29.5 Å². The summed E-state index contributed by atoms with van der Waals surface area (Å²) in [5.41, 5.74) is 0.00579. The molecule has 1 aromatic rings. The highest BCUT2D eigenvalue weighted by Crippen LogP contribution is 2.07. The maximum absolute atomic E-state index is 12.8. The number of rotatable bonds is 2. The first-order chi connectivity index (χ1) is 6.13. The zero-order valence-electron chi connectivity index (χ0n) is 6.88. The van der Waals surface area contributed by atoms with Gasteiger partial charge in [-0.15, -0.1) is 0 Å². The maximum Gasteiger partial charge on any atom is 0.357 e. The van der Waals surface area contributed by atoms with Crippen LogP contribution in [0.3, 0.4) is 0 Å². The third kappa shape index (κ3) is 2.91. The molecule has 5 heteroatoms. The van der Waals surface area contributed by atoms with Crippen LogP contribution < -0.4 is 0 Å². The lowest BCUT2D eigenvalue weighted by atomic mass is 10.3. The largest absolute Gasteiger partial charge is 0.461 e. The Hall–Kier alpha value is -0.720. The van der Waals surface area contributed by atoms with Gasteiger partial charge in [-0.3, -0.25) is 0 Å². The van der Waals surface area contributed by atoms with Crippen LogP contribution in [-0.4, -0.2) is 17.6 Å². The number of nitrogens with zero attached hydrogens (tertiary/aromatic N) is 1. The summed E-state index contributed by atoms with van der Waals surface area (Å²) in [6.07, 6.45) is 0. The first-order valence-electron chi connectivity index (χ1n) is 3.63. The molecule has 0 atom stereocenters. The van der Waals surface area contributed by atoms with E-state index in [9.17, 15) is 9.18 Å². The van der Waals surface area contributed by atoms with Gasteiger partial charge in [-0.1, -0.05) is 0 Å². The lowest BCUT2D eigenvalue weighted by Gasteiger charge is -2.00. The Balaban J connectivity index is 2.94. The molecular formula is C8H7FINO2. The average Bonchev–Trinajstić information content (AvgIpc) is 2.03. The number of carbonyl (C=O) groups is 1. The highest BCUT2D eigenvalue weighted by molar-refractivity contribution is 14.1. The van der Waals surface area contributed by atoms with Crippen LogP contribution in [0.4, 0.5) is 4.39 Å². The van der Waals surface area contributed by atoms with Gasteiger partial charge in [0.05, 0.1) is 6.61 Å². The van der Waals surface area contributed by atoms with Crippen molar-refractivity contribution in [2.45, 2.75) is 6.92 Å². The summed E-state index contributed by atoms with van der Waals surface area (Å²) in [5.74, 6) is -1.08. The van der Waals surface area contributed by atoms with E-state index in [1.54, 1.807) is 6.92 Å². The topological polar surface area (TPSA) is 39.2 Å². The number of pyridine rings is 1. The summed E-state index contributed by atoms with van der Waals surface area (Å²) >= 11 is 1.83. The van der Waals surface area contributed by atoms with Crippen LogP contribution in [-0.2, 0) is 4.74 Å². The third-order valence-corrected chi connectivity index (χ3v) is 1.80. The van der Waals surface area contributed by atoms with Gasteiger partial charge >= 0.3 is 5.97 Å². The third-order valence-electron chi connectivity index (χ3n) is 1.24. The van der Waals surface area contributed by atoms with Crippen LogP contribution >= 0.6 is 22.6 Å². The molecule has 0 amide bonds. The second kappa shape index (κ2) is 4.50. The summed E-state index contributed by atoms with van der Waals surface area (Å²) < 4.78 is 17.9. The molecule has 0 aromatic carbocycles. The van der Waals surface area contributed by atoms with Gasteiger partial charge in [0.1, 0.15) is 9.52 Å². The lowest BCUT2D eigenvalue weighted by molar-refractivity contribution is 0.0518. The van der Waals surface area contributed by atoms with E-state index < -0.39 is 11.8 Å². The van der Waals surface area contributed by atoms with Crippen molar-refractivity contribution < 1.29 is 13.9 Å². The fourth-order valence-electron chi connectivity index (χ4n) is 0.775. The summed E-state index contributed by atoms with van der Waals surface area (Å²) in [5, 5.41) is 0. The van der Waals surface area contributed by atoms with Gasteiger partial charge in [0.15, 0.2) is 5.69 Å². The summed E-state index contributed by atoms with van der Waals surface area (Å²) in [6, 6.07) is 2.30. The first-order valence-corrected chi connectivity index (χ1v) is 4.71. The first kappa shape index (κ1) is 10.4. The molecular weight excluding hydrogens is 288 g/mol. The Labute approximate surface area is 88.4 Å². The minimum atomic E-state index is -0.597. The van der Waals surface area contributed by atoms with Gasteiger partial charge in [0.2, 0.25) is 0 Å². The molecule has 0 saturated heterocycles. The molecule has 0 spiro atoms. The molecule has 0 aliphatic carbocycles. The van der Waals surface area contributed by atoms with Gasteiger partial charge in [-0.25, -0.2) is 14.2 Å². The van der Waals surface area contributed by atoms with Crippen LogP contribution in [0.15, 0.2) is 12.1 Å². The van der Waals surface area contributed by atoms with Gasteiger partial charge in [0, 0.05) is 12.1 Å². The minimum absolute atomic E-state index is 0.00579. The molecule has 0 bridgehead atoms. The zero-order valence-corrected chi connectivity index (χ0v) is 9.04. The molecule has 1 rings (SSSR count). The van der Waals surface area contributed by atoms with E-state index in [4.69, 9.17) is 0 Å². The molecule has 1 aromatic heterocycles. The summed E-state index contributed by atoms with van der Waals surface area (Å²) in [6.45, 7) is 1.94. The van der Waals surface area contributed by atoms with Crippen molar-refractivity contribution in [3.8, 4) is 0 Å². The average molecular weight is 295 g/mol. The minimum Gasteiger partial charge on any atom is -0.461 e. The fourth-order valence-corrected chi connectivity index (χ4v) is 1.33. The molecule has 0 N–H and O–H groups in total. The van der Waals surface area contributed by atoms with Crippen LogP contribution in [0, 0.1) is 9.52 Å². The van der Waals surface area contributed by atoms with Gasteiger partial charge < -0.3 is 4.74 Å². The summed E-state index contributed by atoms with van der Waals surface area (Å²) in [4.78, 5) is 14.9. The van der Waals surface area contributed by atoms with Crippen molar-refractivity contribution in [3.05, 3.63) is 27.3 Å². The van der Waals surface area contributed by atoms with Crippen molar-refractivity contribution in [2.24, 2.45) is 0 Å². The molecule has 3 nitrogen and oxygen atoms in total.